The number of para-hydroxylation sites is 1. The van der Waals surface area contributed by atoms with E-state index in [2.05, 4.69) is 21.2 Å². The van der Waals surface area contributed by atoms with Crippen LogP contribution in [0.1, 0.15) is 13.3 Å². The fourth-order valence-electron chi connectivity index (χ4n) is 1.14. The zero-order valence-electron chi connectivity index (χ0n) is 7.96. The second-order valence-electron chi connectivity index (χ2n) is 2.99. The third-order valence-corrected chi connectivity index (χ3v) is 2.65. The molecule has 0 aliphatic rings. The van der Waals surface area contributed by atoms with E-state index in [1.54, 1.807) is 0 Å². The zero-order chi connectivity index (χ0) is 10.6. The Hall–Kier alpha value is -1.03. The number of carbonyl (C=O) groups is 1. The summed E-state index contributed by atoms with van der Waals surface area (Å²) in [7, 11) is 0. The lowest BCUT2D eigenvalue weighted by Crippen LogP contribution is -2.34. The number of nitrogens with one attached hydrogen (secondary N) is 1. The number of benzene rings is 1. The van der Waals surface area contributed by atoms with Crippen molar-refractivity contribution in [2.45, 2.75) is 19.4 Å². The third-order valence-electron chi connectivity index (χ3n) is 1.96. The summed E-state index contributed by atoms with van der Waals surface area (Å²) >= 11 is 3.39. The van der Waals surface area contributed by atoms with Crippen LogP contribution >= 0.6 is 15.9 Å². The minimum Gasteiger partial charge on any atom is -0.373 e. The molecule has 0 bridgehead atoms. The van der Waals surface area contributed by atoms with E-state index < -0.39 is 0 Å². The topological polar surface area (TPSA) is 55.1 Å². The van der Waals surface area contributed by atoms with Crippen LogP contribution < -0.4 is 11.1 Å². The number of rotatable bonds is 4. The highest BCUT2D eigenvalue weighted by molar-refractivity contribution is 9.10. The Labute approximate surface area is 91.8 Å². The number of anilines is 1. The number of nitrogens with two attached hydrogens (primary N) is 1. The van der Waals surface area contributed by atoms with E-state index in [-0.39, 0.29) is 11.9 Å². The summed E-state index contributed by atoms with van der Waals surface area (Å²) in [6.45, 7) is 1.92. The van der Waals surface area contributed by atoms with Crippen molar-refractivity contribution in [2.75, 3.05) is 5.32 Å². The van der Waals surface area contributed by atoms with Gasteiger partial charge in [-0.05, 0) is 34.5 Å². The molecule has 1 atom stereocenters. The fourth-order valence-corrected chi connectivity index (χ4v) is 1.54. The quantitative estimate of drug-likeness (QED) is 0.868. The molecule has 0 saturated heterocycles. The molecule has 0 aromatic heterocycles. The zero-order valence-corrected chi connectivity index (χ0v) is 9.54. The van der Waals surface area contributed by atoms with Crippen molar-refractivity contribution in [3.8, 4) is 0 Å². The maximum Gasteiger partial charge on any atom is 0.239 e. The predicted molar refractivity (Wildman–Crippen MR) is 61.0 cm³/mol. The van der Waals surface area contributed by atoms with Gasteiger partial charge in [0.2, 0.25) is 5.91 Å². The third kappa shape index (κ3) is 2.73. The van der Waals surface area contributed by atoms with E-state index in [0.29, 0.717) is 6.42 Å². The highest BCUT2D eigenvalue weighted by atomic mass is 79.9. The standard InChI is InChI=1S/C10H13BrN2O/c1-2-8(10(12)14)13-9-6-4-3-5-7(9)11/h3-6,8,13H,2H2,1H3,(H2,12,14)/t8-/m0/s1. The van der Waals surface area contributed by atoms with Crippen LogP contribution in [0.4, 0.5) is 5.69 Å². The van der Waals surface area contributed by atoms with Crippen LogP contribution in [0, 0.1) is 0 Å². The van der Waals surface area contributed by atoms with Crippen molar-refractivity contribution in [3.63, 3.8) is 0 Å². The summed E-state index contributed by atoms with van der Waals surface area (Å²) in [5.74, 6) is -0.330. The molecule has 1 aromatic rings. The molecule has 3 nitrogen and oxygen atoms in total. The van der Waals surface area contributed by atoms with E-state index in [9.17, 15) is 4.79 Å². The fraction of sp³-hybridized carbons (Fsp3) is 0.300. The van der Waals surface area contributed by atoms with Crippen LogP contribution in [0.15, 0.2) is 28.7 Å². The molecule has 0 fully saturated rings. The van der Waals surface area contributed by atoms with E-state index in [0.717, 1.165) is 10.2 Å². The number of hydrogen-bond donors (Lipinski definition) is 2. The number of primary amides is 1. The predicted octanol–water partition coefficient (Wildman–Crippen LogP) is 2.12. The molecule has 14 heavy (non-hydrogen) atoms. The van der Waals surface area contributed by atoms with Crippen LogP contribution in [0.3, 0.4) is 0 Å². The van der Waals surface area contributed by atoms with Gasteiger partial charge in [-0.15, -0.1) is 0 Å². The van der Waals surface area contributed by atoms with E-state index >= 15 is 0 Å². The first-order chi connectivity index (χ1) is 6.65. The lowest BCUT2D eigenvalue weighted by Gasteiger charge is -2.15. The lowest BCUT2D eigenvalue weighted by atomic mass is 10.2. The van der Waals surface area contributed by atoms with Crippen molar-refractivity contribution in [1.29, 1.82) is 0 Å². The Bertz CT molecular complexity index is 328. The molecule has 1 amide bonds. The number of amides is 1. The van der Waals surface area contributed by atoms with Crippen molar-refractivity contribution >= 4 is 27.5 Å². The first kappa shape index (κ1) is 11.0. The minimum absolute atomic E-state index is 0.311. The average Bonchev–Trinajstić information content (AvgIpc) is 2.16. The Balaban J connectivity index is 2.77. The Morgan fingerprint density at radius 3 is 2.71 bits per heavy atom. The second kappa shape index (κ2) is 5.00. The van der Waals surface area contributed by atoms with Crippen LogP contribution in [0.25, 0.3) is 0 Å². The van der Waals surface area contributed by atoms with Gasteiger partial charge in [-0.1, -0.05) is 19.1 Å². The van der Waals surface area contributed by atoms with Crippen LogP contribution in [0.2, 0.25) is 0 Å². The number of hydrogen-bond acceptors (Lipinski definition) is 2. The Morgan fingerprint density at radius 1 is 1.57 bits per heavy atom. The molecule has 0 spiro atoms. The van der Waals surface area contributed by atoms with Gasteiger partial charge in [-0.2, -0.15) is 0 Å². The summed E-state index contributed by atoms with van der Waals surface area (Å²) in [5.41, 5.74) is 6.12. The molecule has 76 valence electrons. The monoisotopic (exact) mass is 256 g/mol. The van der Waals surface area contributed by atoms with E-state index in [1.165, 1.54) is 0 Å². The van der Waals surface area contributed by atoms with Gasteiger partial charge in [0, 0.05) is 10.2 Å². The van der Waals surface area contributed by atoms with Crippen molar-refractivity contribution in [3.05, 3.63) is 28.7 Å². The van der Waals surface area contributed by atoms with Gasteiger partial charge < -0.3 is 11.1 Å². The summed E-state index contributed by atoms with van der Waals surface area (Å²) in [6, 6.07) is 7.32. The first-order valence-electron chi connectivity index (χ1n) is 4.45. The Morgan fingerprint density at radius 2 is 2.21 bits per heavy atom. The molecule has 1 aromatic carbocycles. The highest BCUT2D eigenvalue weighted by Crippen LogP contribution is 2.22. The van der Waals surface area contributed by atoms with Crippen molar-refractivity contribution < 1.29 is 4.79 Å². The first-order valence-corrected chi connectivity index (χ1v) is 5.24. The van der Waals surface area contributed by atoms with Gasteiger partial charge in [-0.25, -0.2) is 0 Å². The van der Waals surface area contributed by atoms with Crippen molar-refractivity contribution in [2.24, 2.45) is 5.73 Å². The summed E-state index contributed by atoms with van der Waals surface area (Å²) in [6.07, 6.45) is 0.677. The largest absolute Gasteiger partial charge is 0.373 e. The second-order valence-corrected chi connectivity index (χ2v) is 3.84. The summed E-state index contributed by atoms with van der Waals surface area (Å²) in [4.78, 5) is 11.0. The van der Waals surface area contributed by atoms with Crippen LogP contribution in [-0.4, -0.2) is 11.9 Å². The minimum atomic E-state index is -0.330. The van der Waals surface area contributed by atoms with E-state index in [4.69, 9.17) is 5.73 Å². The molecule has 0 heterocycles. The van der Waals surface area contributed by atoms with Gasteiger partial charge in [0.15, 0.2) is 0 Å². The normalized spacial score (nSPS) is 12.1. The molecule has 4 heteroatoms. The maximum atomic E-state index is 11.0. The van der Waals surface area contributed by atoms with Gasteiger partial charge in [0.1, 0.15) is 6.04 Å². The molecule has 0 aliphatic heterocycles. The lowest BCUT2D eigenvalue weighted by molar-refractivity contribution is -0.118. The number of halogens is 1. The molecule has 0 aliphatic carbocycles. The molecule has 0 radical (unpaired) electrons. The van der Waals surface area contributed by atoms with Crippen LogP contribution in [-0.2, 0) is 4.79 Å². The van der Waals surface area contributed by atoms with Crippen molar-refractivity contribution in [1.82, 2.24) is 0 Å². The summed E-state index contributed by atoms with van der Waals surface area (Å²) in [5, 5.41) is 3.07. The SMILES string of the molecule is CC[C@H](Nc1ccccc1Br)C(N)=O. The van der Waals surface area contributed by atoms with Gasteiger partial charge in [0.05, 0.1) is 0 Å². The summed E-state index contributed by atoms with van der Waals surface area (Å²) < 4.78 is 0.930. The van der Waals surface area contributed by atoms with Gasteiger partial charge >= 0.3 is 0 Å². The molecule has 0 saturated carbocycles. The van der Waals surface area contributed by atoms with E-state index in [1.807, 2.05) is 31.2 Å². The van der Waals surface area contributed by atoms with Gasteiger partial charge in [-0.3, -0.25) is 4.79 Å². The molecular formula is C10H13BrN2O. The van der Waals surface area contributed by atoms with Gasteiger partial charge in [0.25, 0.3) is 0 Å². The molecule has 0 unspecified atom stereocenters. The van der Waals surface area contributed by atoms with Crippen LogP contribution in [0.5, 0.6) is 0 Å². The molecule has 3 N–H and O–H groups in total. The number of carbonyl (C=O) groups excluding carboxylic acids is 1. The maximum absolute atomic E-state index is 11.0. The smallest absolute Gasteiger partial charge is 0.239 e. The molecular weight excluding hydrogens is 244 g/mol. The highest BCUT2D eigenvalue weighted by Gasteiger charge is 2.12. The average molecular weight is 257 g/mol. The molecule has 1 rings (SSSR count). The Kier molecular flexibility index (Phi) is 3.95.